The lowest BCUT2D eigenvalue weighted by atomic mass is 10.1. The van der Waals surface area contributed by atoms with Crippen LogP contribution in [0.25, 0.3) is 11.0 Å². The lowest BCUT2D eigenvalue weighted by molar-refractivity contribution is 0.744. The zero-order valence-corrected chi connectivity index (χ0v) is 13.7. The van der Waals surface area contributed by atoms with Gasteiger partial charge in [-0.1, -0.05) is 35.9 Å². The van der Waals surface area contributed by atoms with Gasteiger partial charge in [0.15, 0.2) is 0 Å². The molecule has 0 fully saturated rings. The predicted molar refractivity (Wildman–Crippen MR) is 96.0 cm³/mol. The minimum atomic E-state index is 0.405. The topological polar surface area (TPSA) is 76.9 Å². The molecule has 0 saturated heterocycles. The Morgan fingerprint density at radius 3 is 2.75 bits per heavy atom. The fourth-order valence-electron chi connectivity index (χ4n) is 2.36. The van der Waals surface area contributed by atoms with Crippen molar-refractivity contribution in [2.75, 3.05) is 6.54 Å². The van der Waals surface area contributed by atoms with Gasteiger partial charge in [-0.2, -0.15) is 10.4 Å². The molecule has 0 aliphatic rings. The number of H-pyrrole nitrogens is 1. The van der Waals surface area contributed by atoms with Crippen LogP contribution in [0.5, 0.6) is 0 Å². The Bertz CT molecular complexity index is 857. The zero-order chi connectivity index (χ0) is 16.8. The molecule has 0 aliphatic heterocycles. The first-order chi connectivity index (χ1) is 11.8. The molecule has 3 aromatic rings. The first-order valence-corrected chi connectivity index (χ1v) is 8.00. The molecule has 0 aliphatic carbocycles. The summed E-state index contributed by atoms with van der Waals surface area (Å²) in [5.41, 5.74) is 6.67. The maximum Gasteiger partial charge on any atom is 0.113 e. The van der Waals surface area contributed by atoms with Crippen LogP contribution in [-0.2, 0) is 6.42 Å². The van der Waals surface area contributed by atoms with Crippen molar-refractivity contribution in [3.8, 4) is 6.07 Å². The lowest BCUT2D eigenvalue weighted by Gasteiger charge is -2.06. The molecule has 0 atom stereocenters. The highest BCUT2D eigenvalue weighted by molar-refractivity contribution is 6.30. The second kappa shape index (κ2) is 7.62. The fourth-order valence-corrected chi connectivity index (χ4v) is 2.49. The number of nitriles is 1. The number of hydrogen-bond acceptors (Lipinski definition) is 4. The number of aromatic nitrogens is 2. The first-order valence-electron chi connectivity index (χ1n) is 7.62. The Morgan fingerprint density at radius 1 is 1.21 bits per heavy atom. The van der Waals surface area contributed by atoms with Crippen LogP contribution in [0.15, 0.2) is 53.6 Å². The molecule has 120 valence electrons. The maximum atomic E-state index is 8.63. The van der Waals surface area contributed by atoms with E-state index in [-0.39, 0.29) is 0 Å². The van der Waals surface area contributed by atoms with E-state index in [9.17, 15) is 0 Å². The molecule has 24 heavy (non-hydrogen) atoms. The van der Waals surface area contributed by atoms with Gasteiger partial charge >= 0.3 is 0 Å². The largest absolute Gasteiger partial charge is 0.342 e. The van der Waals surface area contributed by atoms with Gasteiger partial charge < -0.3 is 10.4 Å². The molecule has 0 spiro atoms. The van der Waals surface area contributed by atoms with Crippen LogP contribution in [0.2, 0.25) is 5.02 Å². The van der Waals surface area contributed by atoms with E-state index in [2.05, 4.69) is 26.6 Å². The standard InChI is InChI=1S/C18H16ClN5/c19-14-8-6-13(7-9-14)17(24-21-11-3-10-20)12-18-22-15-4-1-2-5-16(15)23-18/h1-2,4-9,21H,3,11-12H2,(H,22,23)/b24-17+. The molecule has 0 radical (unpaired) electrons. The first kappa shape index (κ1) is 16.0. The number of aromatic amines is 1. The van der Waals surface area contributed by atoms with E-state index in [0.29, 0.717) is 24.4 Å². The molecule has 0 saturated carbocycles. The second-order valence-electron chi connectivity index (χ2n) is 5.26. The zero-order valence-electron chi connectivity index (χ0n) is 13.0. The number of fused-ring (bicyclic) bond motifs is 1. The Labute approximate surface area is 145 Å². The highest BCUT2D eigenvalue weighted by atomic mass is 35.5. The molecule has 0 bridgehead atoms. The van der Waals surface area contributed by atoms with Crippen molar-refractivity contribution >= 4 is 28.3 Å². The van der Waals surface area contributed by atoms with Gasteiger partial charge in [-0.15, -0.1) is 0 Å². The molecule has 2 aromatic carbocycles. The highest BCUT2D eigenvalue weighted by Gasteiger charge is 2.09. The summed E-state index contributed by atoms with van der Waals surface area (Å²) in [5.74, 6) is 0.840. The second-order valence-corrected chi connectivity index (χ2v) is 5.70. The number of rotatable bonds is 6. The van der Waals surface area contributed by atoms with E-state index in [1.807, 2.05) is 48.5 Å². The summed E-state index contributed by atoms with van der Waals surface area (Å²) in [6.45, 7) is 0.508. The van der Waals surface area contributed by atoms with Crippen LogP contribution in [0.1, 0.15) is 17.8 Å². The van der Waals surface area contributed by atoms with Gasteiger partial charge in [0.05, 0.1) is 35.7 Å². The number of benzene rings is 2. The van der Waals surface area contributed by atoms with Crippen LogP contribution < -0.4 is 5.43 Å². The van der Waals surface area contributed by atoms with E-state index in [1.165, 1.54) is 0 Å². The molecular formula is C18H16ClN5. The van der Waals surface area contributed by atoms with Gasteiger partial charge in [0.2, 0.25) is 0 Å². The Balaban J connectivity index is 1.85. The van der Waals surface area contributed by atoms with E-state index in [0.717, 1.165) is 28.1 Å². The number of hydrazone groups is 1. The van der Waals surface area contributed by atoms with Crippen molar-refractivity contribution in [3.63, 3.8) is 0 Å². The maximum absolute atomic E-state index is 8.63. The van der Waals surface area contributed by atoms with E-state index in [4.69, 9.17) is 16.9 Å². The van der Waals surface area contributed by atoms with Gasteiger partial charge in [-0.05, 0) is 29.8 Å². The Kier molecular flexibility index (Phi) is 5.09. The van der Waals surface area contributed by atoms with Crippen molar-refractivity contribution in [2.24, 2.45) is 5.10 Å². The van der Waals surface area contributed by atoms with Crippen LogP contribution in [0.4, 0.5) is 0 Å². The summed E-state index contributed by atoms with van der Waals surface area (Å²) in [7, 11) is 0. The van der Waals surface area contributed by atoms with Gasteiger partial charge in [-0.25, -0.2) is 4.98 Å². The molecule has 1 heterocycles. The van der Waals surface area contributed by atoms with Crippen LogP contribution in [0.3, 0.4) is 0 Å². The van der Waals surface area contributed by atoms with E-state index >= 15 is 0 Å². The molecular weight excluding hydrogens is 322 g/mol. The summed E-state index contributed by atoms with van der Waals surface area (Å²) in [6, 6.07) is 17.5. The summed E-state index contributed by atoms with van der Waals surface area (Å²) in [5, 5.41) is 13.7. The number of halogens is 1. The Morgan fingerprint density at radius 2 is 2.00 bits per heavy atom. The SMILES string of the molecule is N#CCCN/N=C(\Cc1nc2ccccc2[nH]1)c1ccc(Cl)cc1. The Hall–Kier alpha value is -2.84. The molecule has 0 unspecified atom stereocenters. The normalized spacial score (nSPS) is 11.4. The van der Waals surface area contributed by atoms with Crippen LogP contribution in [0, 0.1) is 11.3 Å². The number of para-hydroxylation sites is 2. The number of imidazole rings is 1. The van der Waals surface area contributed by atoms with E-state index < -0.39 is 0 Å². The van der Waals surface area contributed by atoms with Crippen molar-refractivity contribution < 1.29 is 0 Å². The molecule has 6 heteroatoms. The van der Waals surface area contributed by atoms with Crippen LogP contribution >= 0.6 is 11.6 Å². The average Bonchev–Trinajstić information content (AvgIpc) is 3.01. The molecule has 2 N–H and O–H groups in total. The number of nitrogens with zero attached hydrogens (tertiary/aromatic N) is 3. The third-order valence-corrected chi connectivity index (χ3v) is 3.77. The number of nitrogens with one attached hydrogen (secondary N) is 2. The van der Waals surface area contributed by atoms with Gasteiger partial charge in [0.25, 0.3) is 0 Å². The van der Waals surface area contributed by atoms with Crippen molar-refractivity contribution in [1.29, 1.82) is 5.26 Å². The van der Waals surface area contributed by atoms with Gasteiger partial charge in [0, 0.05) is 11.6 Å². The van der Waals surface area contributed by atoms with E-state index in [1.54, 1.807) is 0 Å². The van der Waals surface area contributed by atoms with Gasteiger partial charge in [0.1, 0.15) is 5.82 Å². The predicted octanol–water partition coefficient (Wildman–Crippen LogP) is 3.67. The van der Waals surface area contributed by atoms with Crippen LogP contribution in [-0.4, -0.2) is 22.2 Å². The molecule has 5 nitrogen and oxygen atoms in total. The molecule has 3 rings (SSSR count). The minimum absolute atomic E-state index is 0.405. The summed E-state index contributed by atoms with van der Waals surface area (Å²) >= 11 is 5.97. The monoisotopic (exact) mass is 337 g/mol. The molecule has 0 amide bonds. The summed E-state index contributed by atoms with van der Waals surface area (Å²) in [6.07, 6.45) is 0.956. The third kappa shape index (κ3) is 3.92. The average molecular weight is 338 g/mol. The van der Waals surface area contributed by atoms with Crippen molar-refractivity contribution in [1.82, 2.24) is 15.4 Å². The quantitative estimate of drug-likeness (QED) is 0.409. The van der Waals surface area contributed by atoms with Gasteiger partial charge in [-0.3, -0.25) is 0 Å². The highest BCUT2D eigenvalue weighted by Crippen LogP contribution is 2.15. The van der Waals surface area contributed by atoms with Crippen molar-refractivity contribution in [3.05, 3.63) is 64.9 Å². The minimum Gasteiger partial charge on any atom is -0.342 e. The lowest BCUT2D eigenvalue weighted by Crippen LogP contribution is -2.15. The fraction of sp³-hybridized carbons (Fsp3) is 0.167. The third-order valence-electron chi connectivity index (χ3n) is 3.51. The molecule has 1 aromatic heterocycles. The van der Waals surface area contributed by atoms with Crippen molar-refractivity contribution in [2.45, 2.75) is 12.8 Å². The smallest absolute Gasteiger partial charge is 0.113 e. The number of hydrogen-bond donors (Lipinski definition) is 2. The summed E-state index contributed by atoms with van der Waals surface area (Å²) in [4.78, 5) is 7.91. The summed E-state index contributed by atoms with van der Waals surface area (Å²) < 4.78 is 0.